The SMILES string of the molecule is CCN(CC)C(=O)[C@H]1CCCN(c2ccc([N+](=O)[O-])cc2/C=N\Nc2ccc([N+](=O)[O-])cc2S(=O)(=O)N2CCC(C(N)=O)CC2)C1. The summed E-state index contributed by atoms with van der Waals surface area (Å²) in [6, 6.07) is 7.61. The summed E-state index contributed by atoms with van der Waals surface area (Å²) in [6.07, 6.45) is 3.22. The third-order valence-electron chi connectivity index (χ3n) is 8.45. The van der Waals surface area contributed by atoms with Crippen LogP contribution in [0.25, 0.3) is 0 Å². The minimum Gasteiger partial charge on any atom is -0.370 e. The lowest BCUT2D eigenvalue weighted by Gasteiger charge is -2.36. The summed E-state index contributed by atoms with van der Waals surface area (Å²) in [5.74, 6) is -1.17. The van der Waals surface area contributed by atoms with Gasteiger partial charge in [0.25, 0.3) is 11.4 Å². The number of non-ortho nitro benzene ring substituents is 2. The molecule has 0 spiro atoms. The average Bonchev–Trinajstić information content (AvgIpc) is 3.05. The number of carbonyl (C=O) groups is 2. The lowest BCUT2D eigenvalue weighted by atomic mass is 9.95. The Morgan fingerprint density at radius 1 is 1.00 bits per heavy atom. The molecule has 0 aliphatic carbocycles. The van der Waals surface area contributed by atoms with E-state index in [0.29, 0.717) is 37.4 Å². The minimum atomic E-state index is -4.26. The Bertz CT molecular complexity index is 1620. The van der Waals surface area contributed by atoms with Crippen LogP contribution in [-0.2, 0) is 19.6 Å². The number of primary amides is 1. The molecule has 0 radical (unpaired) electrons. The van der Waals surface area contributed by atoms with Crippen LogP contribution in [-0.4, -0.2) is 84.8 Å². The van der Waals surface area contributed by atoms with Crippen LogP contribution in [0.5, 0.6) is 0 Å². The molecule has 17 heteroatoms. The van der Waals surface area contributed by atoms with Gasteiger partial charge in [0, 0.05) is 80.7 Å². The highest BCUT2D eigenvalue weighted by molar-refractivity contribution is 7.89. The van der Waals surface area contributed by atoms with Crippen molar-refractivity contribution in [2.24, 2.45) is 22.7 Å². The number of piperidine rings is 2. The number of sulfonamides is 1. The van der Waals surface area contributed by atoms with Crippen molar-refractivity contribution in [3.05, 3.63) is 62.2 Å². The Morgan fingerprint density at radius 2 is 1.63 bits per heavy atom. The van der Waals surface area contributed by atoms with Gasteiger partial charge in [0.1, 0.15) is 4.90 Å². The summed E-state index contributed by atoms with van der Waals surface area (Å²) in [6.45, 7) is 6.08. The number of nitro benzene ring substituents is 2. The van der Waals surface area contributed by atoms with Gasteiger partial charge in [0.2, 0.25) is 21.8 Å². The topological polar surface area (TPSA) is 215 Å². The van der Waals surface area contributed by atoms with Crippen molar-refractivity contribution in [2.45, 2.75) is 44.4 Å². The molecule has 16 nitrogen and oxygen atoms in total. The number of anilines is 2. The molecule has 4 rings (SSSR count). The number of nitro groups is 2. The predicted octanol–water partition coefficient (Wildman–Crippen LogP) is 2.92. The predicted molar refractivity (Wildman–Crippen MR) is 171 cm³/mol. The van der Waals surface area contributed by atoms with Crippen molar-refractivity contribution >= 4 is 50.8 Å². The van der Waals surface area contributed by atoms with Crippen LogP contribution in [0.3, 0.4) is 0 Å². The van der Waals surface area contributed by atoms with E-state index < -0.39 is 37.4 Å². The molecule has 2 aliphatic rings. The molecule has 1 atom stereocenters. The van der Waals surface area contributed by atoms with Crippen molar-refractivity contribution < 1.29 is 27.9 Å². The Labute approximate surface area is 266 Å². The lowest BCUT2D eigenvalue weighted by molar-refractivity contribution is -0.385. The molecule has 3 N–H and O–H groups in total. The second-order valence-corrected chi connectivity index (χ2v) is 13.1. The van der Waals surface area contributed by atoms with Crippen LogP contribution in [0.2, 0.25) is 0 Å². The van der Waals surface area contributed by atoms with Crippen molar-refractivity contribution in [1.29, 1.82) is 0 Å². The van der Waals surface area contributed by atoms with E-state index >= 15 is 0 Å². The zero-order chi connectivity index (χ0) is 33.6. The molecular weight excluding hydrogens is 620 g/mol. The van der Waals surface area contributed by atoms with Gasteiger partial charge in [-0.05, 0) is 51.7 Å². The molecule has 248 valence electrons. The van der Waals surface area contributed by atoms with Gasteiger partial charge >= 0.3 is 0 Å². The Hall–Kier alpha value is -4.64. The summed E-state index contributed by atoms with van der Waals surface area (Å²) in [4.78, 5) is 49.9. The molecule has 2 aliphatic heterocycles. The molecule has 0 bridgehead atoms. The van der Waals surface area contributed by atoms with Gasteiger partial charge in [0.15, 0.2) is 0 Å². The van der Waals surface area contributed by atoms with E-state index in [1.54, 1.807) is 11.0 Å². The van der Waals surface area contributed by atoms with Gasteiger partial charge in [0.05, 0.1) is 27.7 Å². The molecule has 0 aromatic heterocycles. The number of hydrogen-bond donors (Lipinski definition) is 2. The summed E-state index contributed by atoms with van der Waals surface area (Å²) in [5, 5.41) is 27.3. The second-order valence-electron chi connectivity index (χ2n) is 11.2. The molecule has 46 heavy (non-hydrogen) atoms. The van der Waals surface area contributed by atoms with E-state index in [0.717, 1.165) is 29.3 Å². The van der Waals surface area contributed by atoms with Gasteiger partial charge in [-0.3, -0.25) is 35.2 Å². The molecular formula is C29H38N8O8S. The fraction of sp³-hybridized carbons (Fsp3) is 0.483. The first-order valence-corrected chi connectivity index (χ1v) is 16.5. The van der Waals surface area contributed by atoms with Crippen LogP contribution in [0.15, 0.2) is 46.4 Å². The van der Waals surface area contributed by atoms with Gasteiger partial charge in [-0.15, -0.1) is 0 Å². The van der Waals surface area contributed by atoms with E-state index in [4.69, 9.17) is 5.73 Å². The van der Waals surface area contributed by atoms with Gasteiger partial charge in [-0.2, -0.15) is 9.41 Å². The molecule has 2 aromatic rings. The van der Waals surface area contributed by atoms with E-state index in [1.807, 2.05) is 18.7 Å². The third kappa shape index (κ3) is 7.59. The molecule has 2 saturated heterocycles. The number of carbonyl (C=O) groups excluding carboxylic acids is 2. The second kappa shape index (κ2) is 14.6. The van der Waals surface area contributed by atoms with Gasteiger partial charge < -0.3 is 15.5 Å². The quantitative estimate of drug-likeness (QED) is 0.193. The fourth-order valence-electron chi connectivity index (χ4n) is 5.86. The first-order valence-electron chi connectivity index (χ1n) is 15.1. The number of rotatable bonds is 12. The van der Waals surface area contributed by atoms with Crippen molar-refractivity contribution in [2.75, 3.05) is 49.6 Å². The standard InChI is InChI=1S/C29H38N8O8S/c1-3-33(4-2)29(39)21-6-5-13-34(19-21)26-10-8-23(36(40)41)16-22(26)18-31-32-25-9-7-24(37(42)43)17-27(25)46(44,45)35-14-11-20(12-15-35)28(30)38/h7-10,16-18,20-21,32H,3-6,11-15,19H2,1-2H3,(H2,30,38)/b31-18-/t21-/m0/s1. The normalized spacial score (nSPS) is 18.0. The number of amides is 2. The van der Waals surface area contributed by atoms with E-state index in [-0.39, 0.29) is 54.0 Å². The highest BCUT2D eigenvalue weighted by Crippen LogP contribution is 2.33. The highest BCUT2D eigenvalue weighted by atomic mass is 32.2. The van der Waals surface area contributed by atoms with Gasteiger partial charge in [-0.1, -0.05) is 0 Å². The molecule has 0 saturated carbocycles. The van der Waals surface area contributed by atoms with E-state index in [2.05, 4.69) is 10.5 Å². The van der Waals surface area contributed by atoms with Crippen LogP contribution in [0.4, 0.5) is 22.7 Å². The minimum absolute atomic E-state index is 0.00594. The number of benzene rings is 2. The highest BCUT2D eigenvalue weighted by Gasteiger charge is 2.34. The van der Waals surface area contributed by atoms with Crippen LogP contribution in [0.1, 0.15) is 45.1 Å². The number of hydrogen-bond acceptors (Lipinski definition) is 11. The Morgan fingerprint density at radius 3 is 2.24 bits per heavy atom. The first kappa shape index (κ1) is 34.2. The van der Waals surface area contributed by atoms with E-state index in [1.165, 1.54) is 24.4 Å². The van der Waals surface area contributed by atoms with Crippen LogP contribution in [0, 0.1) is 32.1 Å². The molecule has 2 amide bonds. The maximum absolute atomic E-state index is 13.6. The first-order chi connectivity index (χ1) is 21.9. The molecule has 2 heterocycles. The summed E-state index contributed by atoms with van der Waals surface area (Å²) in [5.41, 5.74) is 8.32. The summed E-state index contributed by atoms with van der Waals surface area (Å²) in [7, 11) is -4.26. The Balaban J connectivity index is 1.64. The van der Waals surface area contributed by atoms with Crippen molar-refractivity contribution in [1.82, 2.24) is 9.21 Å². The Kier molecular flexibility index (Phi) is 10.9. The summed E-state index contributed by atoms with van der Waals surface area (Å²) < 4.78 is 28.4. The average molecular weight is 659 g/mol. The summed E-state index contributed by atoms with van der Waals surface area (Å²) >= 11 is 0. The number of nitrogens with one attached hydrogen (secondary N) is 1. The zero-order valence-electron chi connectivity index (χ0n) is 25.7. The van der Waals surface area contributed by atoms with Crippen molar-refractivity contribution in [3.63, 3.8) is 0 Å². The molecule has 2 fully saturated rings. The van der Waals surface area contributed by atoms with Crippen molar-refractivity contribution in [3.8, 4) is 0 Å². The zero-order valence-corrected chi connectivity index (χ0v) is 26.5. The number of nitrogens with zero attached hydrogens (tertiary/aromatic N) is 6. The largest absolute Gasteiger partial charge is 0.370 e. The fourth-order valence-corrected chi connectivity index (χ4v) is 7.49. The molecule has 0 unspecified atom stereocenters. The third-order valence-corrected chi connectivity index (χ3v) is 10.4. The lowest BCUT2D eigenvalue weighted by Crippen LogP contribution is -2.45. The smallest absolute Gasteiger partial charge is 0.270 e. The number of nitrogens with two attached hydrogens (primary N) is 1. The maximum atomic E-state index is 13.6. The van der Waals surface area contributed by atoms with Gasteiger partial charge in [-0.25, -0.2) is 8.42 Å². The van der Waals surface area contributed by atoms with Crippen LogP contribution >= 0.6 is 0 Å². The number of hydrazone groups is 1. The van der Waals surface area contributed by atoms with E-state index in [9.17, 15) is 38.2 Å². The molecule has 2 aromatic carbocycles. The maximum Gasteiger partial charge on any atom is 0.270 e. The monoisotopic (exact) mass is 658 g/mol. The van der Waals surface area contributed by atoms with Crippen LogP contribution < -0.4 is 16.1 Å².